The van der Waals surface area contributed by atoms with E-state index in [1.807, 2.05) is 0 Å². The van der Waals surface area contributed by atoms with Crippen molar-refractivity contribution in [2.24, 2.45) is 5.73 Å². The Labute approximate surface area is 110 Å². The number of carbonyl (C=O) groups excluding carboxylic acids is 2. The molecule has 1 aromatic rings. The van der Waals surface area contributed by atoms with Crippen LogP contribution in [0.3, 0.4) is 0 Å². The molecule has 8 heteroatoms. The van der Waals surface area contributed by atoms with Crippen LogP contribution in [0.15, 0.2) is 12.3 Å². The Bertz CT molecular complexity index is 464. The Morgan fingerprint density at radius 3 is 2.79 bits per heavy atom. The monoisotopic (exact) mass is 267 g/mol. The van der Waals surface area contributed by atoms with Crippen LogP contribution in [0.25, 0.3) is 0 Å². The summed E-state index contributed by atoms with van der Waals surface area (Å²) in [6, 6.07) is 0.900. The Balaban J connectivity index is 2.63. The van der Waals surface area contributed by atoms with Gasteiger partial charge in [-0.05, 0) is 13.0 Å². The van der Waals surface area contributed by atoms with Crippen LogP contribution in [0.1, 0.15) is 17.3 Å². The number of pyridine rings is 1. The van der Waals surface area contributed by atoms with Crippen molar-refractivity contribution in [3.8, 4) is 0 Å². The molecule has 0 fully saturated rings. The van der Waals surface area contributed by atoms with Gasteiger partial charge in [-0.25, -0.2) is 14.6 Å². The van der Waals surface area contributed by atoms with Gasteiger partial charge in [-0.15, -0.1) is 0 Å². The van der Waals surface area contributed by atoms with Crippen molar-refractivity contribution in [1.82, 2.24) is 10.3 Å². The first-order valence-electron chi connectivity index (χ1n) is 5.74. The number of nitrogen functional groups attached to an aromatic ring is 1. The number of rotatable bonds is 6. The van der Waals surface area contributed by atoms with Crippen LogP contribution >= 0.6 is 0 Å². The highest BCUT2D eigenvalue weighted by molar-refractivity contribution is 5.95. The van der Waals surface area contributed by atoms with Crippen molar-refractivity contribution in [3.63, 3.8) is 0 Å². The van der Waals surface area contributed by atoms with Gasteiger partial charge in [-0.1, -0.05) is 0 Å². The van der Waals surface area contributed by atoms with Crippen molar-refractivity contribution in [2.75, 3.05) is 30.7 Å². The van der Waals surface area contributed by atoms with Crippen molar-refractivity contribution in [1.29, 1.82) is 0 Å². The van der Waals surface area contributed by atoms with E-state index < -0.39 is 12.0 Å². The Morgan fingerprint density at radius 1 is 1.42 bits per heavy atom. The fraction of sp³-hybridized carbons (Fsp3) is 0.364. The first-order chi connectivity index (χ1) is 9.04. The second-order valence-electron chi connectivity index (χ2n) is 3.60. The number of esters is 1. The van der Waals surface area contributed by atoms with Crippen molar-refractivity contribution in [2.45, 2.75) is 6.92 Å². The lowest BCUT2D eigenvalue weighted by Gasteiger charge is -2.09. The summed E-state index contributed by atoms with van der Waals surface area (Å²) in [7, 11) is 0. The van der Waals surface area contributed by atoms with Gasteiger partial charge in [0.25, 0.3) is 0 Å². The fourth-order valence-corrected chi connectivity index (χ4v) is 1.32. The quantitative estimate of drug-likeness (QED) is 0.421. The molecule has 104 valence electrons. The van der Waals surface area contributed by atoms with E-state index >= 15 is 0 Å². The molecule has 1 aromatic heterocycles. The molecular weight excluding hydrogens is 250 g/mol. The number of nitrogens with two attached hydrogens (primary N) is 2. The molecule has 8 nitrogen and oxygen atoms in total. The van der Waals surface area contributed by atoms with Gasteiger partial charge >= 0.3 is 12.0 Å². The van der Waals surface area contributed by atoms with E-state index in [0.29, 0.717) is 18.9 Å². The van der Waals surface area contributed by atoms with E-state index in [9.17, 15) is 9.59 Å². The largest absolute Gasteiger partial charge is 0.462 e. The van der Waals surface area contributed by atoms with Crippen molar-refractivity contribution >= 4 is 23.5 Å². The Morgan fingerprint density at radius 2 is 2.16 bits per heavy atom. The van der Waals surface area contributed by atoms with Gasteiger partial charge in [-0.2, -0.15) is 0 Å². The van der Waals surface area contributed by atoms with Crippen LogP contribution in [0.2, 0.25) is 0 Å². The van der Waals surface area contributed by atoms with Crippen LogP contribution in [0, 0.1) is 0 Å². The van der Waals surface area contributed by atoms with E-state index in [1.54, 1.807) is 6.92 Å². The first-order valence-corrected chi connectivity index (χ1v) is 5.74. The summed E-state index contributed by atoms with van der Waals surface area (Å²) in [5, 5.41) is 5.34. The number of ether oxygens (including phenoxy) is 1. The molecule has 6 N–H and O–H groups in total. The summed E-state index contributed by atoms with van der Waals surface area (Å²) in [5.74, 6) is -0.0377. The van der Waals surface area contributed by atoms with Crippen LogP contribution < -0.4 is 22.1 Å². The summed E-state index contributed by atoms with van der Waals surface area (Å²) in [5.41, 5.74) is 11.1. The Hall–Kier alpha value is -2.51. The maximum atomic E-state index is 11.6. The van der Waals surface area contributed by atoms with Gasteiger partial charge in [0.1, 0.15) is 5.82 Å². The number of amides is 2. The predicted molar refractivity (Wildman–Crippen MR) is 70.7 cm³/mol. The van der Waals surface area contributed by atoms with Crippen molar-refractivity contribution in [3.05, 3.63) is 17.8 Å². The highest BCUT2D eigenvalue weighted by Crippen LogP contribution is 2.15. The standard InChI is InChI=1S/C11H17N5O3/c1-2-19-10(17)7-5-9(16-6-8(7)12)14-3-4-15-11(13)18/h5-6H,2-4,12H2,1H3,(H,14,16)(H3,13,15,18). The lowest BCUT2D eigenvalue weighted by atomic mass is 10.2. The average Bonchev–Trinajstić information content (AvgIpc) is 2.36. The summed E-state index contributed by atoms with van der Waals surface area (Å²) in [4.78, 5) is 26.1. The third-order valence-electron chi connectivity index (χ3n) is 2.16. The van der Waals surface area contributed by atoms with Crippen LogP contribution in [-0.2, 0) is 4.74 Å². The van der Waals surface area contributed by atoms with Gasteiger partial charge in [0.2, 0.25) is 0 Å². The minimum Gasteiger partial charge on any atom is -0.462 e. The highest BCUT2D eigenvalue weighted by atomic mass is 16.5. The van der Waals surface area contributed by atoms with E-state index in [4.69, 9.17) is 16.2 Å². The zero-order valence-corrected chi connectivity index (χ0v) is 10.6. The summed E-state index contributed by atoms with van der Waals surface area (Å²) in [6.07, 6.45) is 1.37. The van der Waals surface area contributed by atoms with Crippen LogP contribution in [0.5, 0.6) is 0 Å². The molecule has 0 atom stereocenters. The van der Waals surface area contributed by atoms with Gasteiger partial charge in [0.05, 0.1) is 24.1 Å². The smallest absolute Gasteiger partial charge is 0.340 e. The second-order valence-corrected chi connectivity index (χ2v) is 3.60. The SMILES string of the molecule is CCOC(=O)c1cc(NCCNC(N)=O)ncc1N. The molecule has 0 saturated heterocycles. The lowest BCUT2D eigenvalue weighted by Crippen LogP contribution is -2.33. The zero-order chi connectivity index (χ0) is 14.3. The molecule has 0 aliphatic rings. The van der Waals surface area contributed by atoms with Crippen molar-refractivity contribution < 1.29 is 14.3 Å². The lowest BCUT2D eigenvalue weighted by molar-refractivity contribution is 0.0527. The average molecular weight is 267 g/mol. The number of primary amides is 1. The maximum Gasteiger partial charge on any atom is 0.340 e. The topological polar surface area (TPSA) is 132 Å². The van der Waals surface area contributed by atoms with Gasteiger partial charge in [-0.3, -0.25) is 0 Å². The number of nitrogens with one attached hydrogen (secondary N) is 2. The fourth-order valence-electron chi connectivity index (χ4n) is 1.32. The Kier molecular flexibility index (Phi) is 5.39. The predicted octanol–water partition coefficient (Wildman–Crippen LogP) is -0.0793. The normalized spacial score (nSPS) is 9.74. The number of carbonyl (C=O) groups is 2. The summed E-state index contributed by atoms with van der Waals surface area (Å²) in [6.45, 7) is 2.74. The number of anilines is 2. The number of hydrogen-bond donors (Lipinski definition) is 4. The number of hydrogen-bond acceptors (Lipinski definition) is 6. The van der Waals surface area contributed by atoms with Gasteiger partial charge in [0.15, 0.2) is 0 Å². The zero-order valence-electron chi connectivity index (χ0n) is 10.6. The minimum absolute atomic E-state index is 0.249. The first kappa shape index (κ1) is 14.6. The molecule has 1 heterocycles. The molecule has 0 radical (unpaired) electrons. The molecule has 0 aromatic carbocycles. The molecule has 2 amide bonds. The van der Waals surface area contributed by atoms with Crippen LogP contribution in [-0.4, -0.2) is 36.7 Å². The molecule has 0 unspecified atom stereocenters. The molecule has 0 aliphatic heterocycles. The van der Waals surface area contributed by atoms with Gasteiger partial charge < -0.3 is 26.8 Å². The highest BCUT2D eigenvalue weighted by Gasteiger charge is 2.12. The van der Waals surface area contributed by atoms with E-state index in [-0.39, 0.29) is 17.9 Å². The van der Waals surface area contributed by atoms with Gasteiger partial charge in [0, 0.05) is 13.1 Å². The van der Waals surface area contributed by atoms with E-state index in [2.05, 4.69) is 15.6 Å². The third-order valence-corrected chi connectivity index (χ3v) is 2.16. The molecule has 1 rings (SSSR count). The van der Waals surface area contributed by atoms with E-state index in [0.717, 1.165) is 0 Å². The molecule has 0 aliphatic carbocycles. The summed E-state index contributed by atoms with van der Waals surface area (Å²) < 4.78 is 4.87. The number of aromatic nitrogens is 1. The second kappa shape index (κ2) is 7.04. The third kappa shape index (κ3) is 4.70. The van der Waals surface area contributed by atoms with E-state index in [1.165, 1.54) is 12.3 Å². The number of urea groups is 1. The molecular formula is C11H17N5O3. The molecule has 0 spiro atoms. The molecule has 0 saturated carbocycles. The minimum atomic E-state index is -0.598. The summed E-state index contributed by atoms with van der Waals surface area (Å²) >= 11 is 0. The van der Waals surface area contributed by atoms with Crippen LogP contribution in [0.4, 0.5) is 16.3 Å². The molecule has 19 heavy (non-hydrogen) atoms. The maximum absolute atomic E-state index is 11.6. The number of nitrogens with zero attached hydrogens (tertiary/aromatic N) is 1. The molecule has 0 bridgehead atoms.